The summed E-state index contributed by atoms with van der Waals surface area (Å²) in [4.78, 5) is -0.433. The molecular formula is C6H5FO3S. The molecule has 0 heterocycles. The van der Waals surface area contributed by atoms with Gasteiger partial charge in [-0.25, -0.2) is 4.39 Å². The van der Waals surface area contributed by atoms with Crippen LogP contribution in [0.3, 0.4) is 0 Å². The number of benzene rings is 1. The molecule has 0 amide bonds. The topological polar surface area (TPSA) is 54.4 Å². The SMILES string of the molecule is O=S(=O)(O)c1cccc(F)c1. The minimum atomic E-state index is -4.27. The quantitative estimate of drug-likeness (QED) is 0.651. The van der Waals surface area contributed by atoms with E-state index in [0.717, 1.165) is 18.2 Å². The summed E-state index contributed by atoms with van der Waals surface area (Å²) in [6, 6.07) is 4.15. The summed E-state index contributed by atoms with van der Waals surface area (Å²) >= 11 is 0. The molecule has 1 N–H and O–H groups in total. The lowest BCUT2D eigenvalue weighted by molar-refractivity contribution is 0.482. The molecule has 11 heavy (non-hydrogen) atoms. The smallest absolute Gasteiger partial charge is 0.282 e. The van der Waals surface area contributed by atoms with Gasteiger partial charge in [0.2, 0.25) is 0 Å². The molecule has 5 heteroatoms. The van der Waals surface area contributed by atoms with E-state index >= 15 is 0 Å². The minimum absolute atomic E-state index is 0.433. The van der Waals surface area contributed by atoms with Gasteiger partial charge < -0.3 is 0 Å². The van der Waals surface area contributed by atoms with Crippen molar-refractivity contribution < 1.29 is 17.4 Å². The maximum atomic E-state index is 12.3. The average Bonchev–Trinajstić information content (AvgIpc) is 1.86. The summed E-state index contributed by atoms with van der Waals surface area (Å²) in [6.07, 6.45) is 0. The van der Waals surface area contributed by atoms with Gasteiger partial charge in [0.15, 0.2) is 0 Å². The highest BCUT2D eigenvalue weighted by atomic mass is 32.2. The third kappa shape index (κ3) is 1.99. The summed E-state index contributed by atoms with van der Waals surface area (Å²) in [7, 11) is -4.27. The van der Waals surface area contributed by atoms with Crippen LogP contribution in [0.5, 0.6) is 0 Å². The van der Waals surface area contributed by atoms with E-state index in [4.69, 9.17) is 4.55 Å². The minimum Gasteiger partial charge on any atom is -0.282 e. The van der Waals surface area contributed by atoms with Crippen molar-refractivity contribution in [2.24, 2.45) is 0 Å². The van der Waals surface area contributed by atoms with Gasteiger partial charge in [-0.05, 0) is 18.2 Å². The Morgan fingerprint density at radius 1 is 1.36 bits per heavy atom. The fourth-order valence-corrected chi connectivity index (χ4v) is 1.14. The van der Waals surface area contributed by atoms with Crippen LogP contribution in [0.25, 0.3) is 0 Å². The molecule has 0 saturated carbocycles. The lowest BCUT2D eigenvalue weighted by Gasteiger charge is -1.94. The first kappa shape index (κ1) is 8.16. The highest BCUT2D eigenvalue weighted by molar-refractivity contribution is 7.85. The molecule has 60 valence electrons. The van der Waals surface area contributed by atoms with Gasteiger partial charge in [0, 0.05) is 0 Å². The largest absolute Gasteiger partial charge is 0.294 e. The van der Waals surface area contributed by atoms with Crippen molar-refractivity contribution in [2.75, 3.05) is 0 Å². The molecule has 0 aliphatic rings. The second kappa shape index (κ2) is 2.60. The number of hydrogen-bond donors (Lipinski definition) is 1. The molecule has 0 aromatic heterocycles. The fraction of sp³-hybridized carbons (Fsp3) is 0. The molecule has 0 unspecified atom stereocenters. The van der Waals surface area contributed by atoms with E-state index in [0.29, 0.717) is 0 Å². The Bertz CT molecular complexity index is 358. The Morgan fingerprint density at radius 3 is 2.36 bits per heavy atom. The number of rotatable bonds is 1. The van der Waals surface area contributed by atoms with E-state index in [9.17, 15) is 12.8 Å². The van der Waals surface area contributed by atoms with Gasteiger partial charge in [-0.3, -0.25) is 4.55 Å². The highest BCUT2D eigenvalue weighted by Gasteiger charge is 2.08. The van der Waals surface area contributed by atoms with Gasteiger partial charge >= 0.3 is 0 Å². The van der Waals surface area contributed by atoms with Crippen LogP contribution < -0.4 is 0 Å². The van der Waals surface area contributed by atoms with Gasteiger partial charge in [-0.15, -0.1) is 0 Å². The van der Waals surface area contributed by atoms with Crippen molar-refractivity contribution in [3.8, 4) is 0 Å². The molecule has 0 fully saturated rings. The third-order valence-electron chi connectivity index (χ3n) is 1.09. The van der Waals surface area contributed by atoms with Crippen LogP contribution in [0.4, 0.5) is 4.39 Å². The molecule has 1 aromatic rings. The molecule has 0 spiro atoms. The summed E-state index contributed by atoms with van der Waals surface area (Å²) in [5.41, 5.74) is 0. The number of hydrogen-bond acceptors (Lipinski definition) is 2. The predicted octanol–water partition coefficient (Wildman–Crippen LogP) is 1.07. The van der Waals surface area contributed by atoms with Crippen LogP contribution >= 0.6 is 0 Å². The summed E-state index contributed by atoms with van der Waals surface area (Å²) < 4.78 is 41.5. The average molecular weight is 176 g/mol. The lowest BCUT2D eigenvalue weighted by Crippen LogP contribution is -1.97. The van der Waals surface area contributed by atoms with Gasteiger partial charge in [-0.1, -0.05) is 6.07 Å². The van der Waals surface area contributed by atoms with Crippen molar-refractivity contribution in [2.45, 2.75) is 4.90 Å². The van der Waals surface area contributed by atoms with Crippen molar-refractivity contribution >= 4 is 10.1 Å². The molecule has 1 aromatic carbocycles. The Morgan fingerprint density at radius 2 is 2.00 bits per heavy atom. The zero-order valence-electron chi connectivity index (χ0n) is 5.36. The van der Waals surface area contributed by atoms with Crippen molar-refractivity contribution in [3.05, 3.63) is 30.1 Å². The monoisotopic (exact) mass is 176 g/mol. The molecule has 0 atom stereocenters. The maximum absolute atomic E-state index is 12.3. The van der Waals surface area contributed by atoms with Gasteiger partial charge in [-0.2, -0.15) is 8.42 Å². The van der Waals surface area contributed by atoms with Crippen LogP contribution in [-0.4, -0.2) is 13.0 Å². The molecule has 1 rings (SSSR count). The lowest BCUT2D eigenvalue weighted by atomic mass is 10.4. The zero-order chi connectivity index (χ0) is 8.48. The molecule has 0 aliphatic heterocycles. The molecule has 0 saturated heterocycles. The zero-order valence-corrected chi connectivity index (χ0v) is 6.18. The van der Waals surface area contributed by atoms with Gasteiger partial charge in [0.25, 0.3) is 10.1 Å². The van der Waals surface area contributed by atoms with E-state index in [1.54, 1.807) is 0 Å². The predicted molar refractivity (Wildman–Crippen MR) is 36.2 cm³/mol. The molecule has 3 nitrogen and oxygen atoms in total. The first-order valence-corrected chi connectivity index (χ1v) is 4.17. The summed E-state index contributed by atoms with van der Waals surface area (Å²) in [6.45, 7) is 0. The molecule has 0 bridgehead atoms. The van der Waals surface area contributed by atoms with Crippen LogP contribution in [0.1, 0.15) is 0 Å². The normalized spacial score (nSPS) is 11.5. The Hall–Kier alpha value is -0.940. The van der Waals surface area contributed by atoms with E-state index in [1.807, 2.05) is 0 Å². The second-order valence-electron chi connectivity index (χ2n) is 1.93. The van der Waals surface area contributed by atoms with E-state index in [2.05, 4.69) is 0 Å². The van der Waals surface area contributed by atoms with E-state index in [-0.39, 0.29) is 0 Å². The molecule has 0 aliphatic carbocycles. The first-order valence-electron chi connectivity index (χ1n) is 2.73. The van der Waals surface area contributed by atoms with Crippen LogP contribution in [0, 0.1) is 5.82 Å². The number of halogens is 1. The van der Waals surface area contributed by atoms with E-state index in [1.165, 1.54) is 6.07 Å². The standard InChI is InChI=1S/C6H5FO3S/c7-5-2-1-3-6(4-5)11(8,9)10/h1-4H,(H,8,9,10). The van der Waals surface area contributed by atoms with Crippen molar-refractivity contribution in [3.63, 3.8) is 0 Å². The van der Waals surface area contributed by atoms with Crippen molar-refractivity contribution in [1.82, 2.24) is 0 Å². The Balaban J connectivity index is 3.28. The highest BCUT2D eigenvalue weighted by Crippen LogP contribution is 2.08. The molecular weight excluding hydrogens is 171 g/mol. The molecule has 0 radical (unpaired) electrons. The third-order valence-corrected chi connectivity index (χ3v) is 1.94. The summed E-state index contributed by atoms with van der Waals surface area (Å²) in [5.74, 6) is -0.694. The second-order valence-corrected chi connectivity index (χ2v) is 3.35. The van der Waals surface area contributed by atoms with Crippen LogP contribution in [-0.2, 0) is 10.1 Å². The Labute approximate surface area is 63.2 Å². The first-order chi connectivity index (χ1) is 5.00. The maximum Gasteiger partial charge on any atom is 0.294 e. The van der Waals surface area contributed by atoms with Crippen LogP contribution in [0.15, 0.2) is 29.2 Å². The van der Waals surface area contributed by atoms with Crippen molar-refractivity contribution in [1.29, 1.82) is 0 Å². The van der Waals surface area contributed by atoms with Crippen LogP contribution in [0.2, 0.25) is 0 Å². The van der Waals surface area contributed by atoms with Gasteiger partial charge in [0.05, 0.1) is 4.90 Å². The summed E-state index contributed by atoms with van der Waals surface area (Å²) in [5, 5.41) is 0. The fourth-order valence-electron chi connectivity index (χ4n) is 0.627. The Kier molecular flexibility index (Phi) is 1.92. The van der Waals surface area contributed by atoms with Gasteiger partial charge in [0.1, 0.15) is 5.82 Å². The van der Waals surface area contributed by atoms with E-state index < -0.39 is 20.8 Å².